The van der Waals surface area contributed by atoms with Crippen molar-refractivity contribution in [3.63, 3.8) is 0 Å². The number of nitrogens with zero attached hydrogens (tertiary/aromatic N) is 2. The van der Waals surface area contributed by atoms with Crippen LogP contribution < -0.4 is 15.5 Å². The van der Waals surface area contributed by atoms with Crippen LogP contribution in [0.15, 0.2) is 18.2 Å². The van der Waals surface area contributed by atoms with Crippen LogP contribution in [0.25, 0.3) is 0 Å². The lowest BCUT2D eigenvalue weighted by Gasteiger charge is -2.43. The van der Waals surface area contributed by atoms with Gasteiger partial charge in [0.05, 0.1) is 17.2 Å². The molecule has 0 spiro atoms. The summed E-state index contributed by atoms with van der Waals surface area (Å²) in [6, 6.07) is 4.26. The molecular weight excluding hydrogens is 524 g/mol. The van der Waals surface area contributed by atoms with Gasteiger partial charge in [0.25, 0.3) is 16.0 Å². The summed E-state index contributed by atoms with van der Waals surface area (Å²) in [5.74, 6) is -2.10. The van der Waals surface area contributed by atoms with E-state index < -0.39 is 44.7 Å². The Labute approximate surface area is 227 Å². The average Bonchev–Trinajstić information content (AvgIpc) is 3.37. The van der Waals surface area contributed by atoms with Crippen molar-refractivity contribution in [3.8, 4) is 0 Å². The topological polar surface area (TPSA) is 153 Å². The number of anilines is 1. The van der Waals surface area contributed by atoms with Crippen molar-refractivity contribution in [2.24, 2.45) is 16.7 Å². The summed E-state index contributed by atoms with van der Waals surface area (Å²) < 4.78 is 34.1. The standard InChI is InChI=1S/C27H34N4O7S/c1-26(16-6-7-27(26,22(32)12-16)15-39(36,37)38)14-21-19-13-17(30-10-8-28-9-11-30)2-3-18(19)25(35)31(21)20-4-5-23(33)29-24(20)34/h2-3,13,16,20-21,28H,4-12,14-15H2,1H3,(H,29,33,34)(H,36,37,38)/t16?,20-,21?,26?,27?/m0/s1. The number of Topliss-reactive ketones (excluding diaryl/α,β-unsaturated/α-hetero) is 1. The number of piperidine rings is 1. The third-order valence-electron chi connectivity index (χ3n) is 10.1. The third kappa shape index (κ3) is 4.10. The molecule has 11 nitrogen and oxygen atoms in total. The largest absolute Gasteiger partial charge is 0.369 e. The summed E-state index contributed by atoms with van der Waals surface area (Å²) in [6.07, 6.45) is 1.84. The molecule has 3 amide bonds. The third-order valence-corrected chi connectivity index (χ3v) is 11.0. The second-order valence-electron chi connectivity index (χ2n) is 12.0. The van der Waals surface area contributed by atoms with E-state index in [0.29, 0.717) is 18.4 Å². The Balaban J connectivity index is 1.44. The van der Waals surface area contributed by atoms with Gasteiger partial charge in [-0.2, -0.15) is 8.42 Å². The summed E-state index contributed by atoms with van der Waals surface area (Å²) in [5.41, 5.74) is 0.136. The van der Waals surface area contributed by atoms with E-state index in [9.17, 15) is 32.1 Å². The van der Waals surface area contributed by atoms with E-state index in [1.54, 1.807) is 11.0 Å². The molecule has 1 aromatic rings. The lowest BCUT2D eigenvalue weighted by atomic mass is 9.65. The molecule has 3 heterocycles. The molecule has 3 N–H and O–H groups in total. The number of rotatable bonds is 6. The summed E-state index contributed by atoms with van der Waals surface area (Å²) in [6.45, 7) is 5.19. The predicted molar refractivity (Wildman–Crippen MR) is 141 cm³/mol. The number of piperazine rings is 1. The summed E-state index contributed by atoms with van der Waals surface area (Å²) >= 11 is 0. The molecule has 39 heavy (non-hydrogen) atoms. The van der Waals surface area contributed by atoms with Gasteiger partial charge in [-0.25, -0.2) is 0 Å². The van der Waals surface area contributed by atoms with E-state index in [4.69, 9.17) is 0 Å². The highest BCUT2D eigenvalue weighted by Gasteiger charge is 2.68. The number of carbonyl (C=O) groups excluding carboxylic acids is 4. The Morgan fingerprint density at radius 2 is 1.85 bits per heavy atom. The Morgan fingerprint density at radius 3 is 2.51 bits per heavy atom. The van der Waals surface area contributed by atoms with Crippen LogP contribution in [-0.2, 0) is 24.5 Å². The molecule has 0 aromatic heterocycles. The van der Waals surface area contributed by atoms with Gasteiger partial charge in [0.15, 0.2) is 0 Å². The average molecular weight is 559 g/mol. The van der Waals surface area contributed by atoms with Crippen molar-refractivity contribution in [1.29, 1.82) is 0 Å². The first-order valence-corrected chi connectivity index (χ1v) is 15.3. The van der Waals surface area contributed by atoms with E-state index in [1.165, 1.54) is 0 Å². The lowest BCUT2D eigenvalue weighted by Crippen LogP contribution is -2.54. The molecule has 2 aliphatic carbocycles. The van der Waals surface area contributed by atoms with Crippen molar-refractivity contribution in [2.45, 2.75) is 57.5 Å². The molecular formula is C27H34N4O7S. The second-order valence-corrected chi connectivity index (χ2v) is 13.4. The Morgan fingerprint density at radius 1 is 1.10 bits per heavy atom. The van der Waals surface area contributed by atoms with Crippen LogP contribution in [0.4, 0.5) is 5.69 Å². The molecule has 3 aliphatic heterocycles. The molecule has 12 heteroatoms. The Kier molecular flexibility index (Phi) is 6.16. The van der Waals surface area contributed by atoms with Crippen LogP contribution in [0.5, 0.6) is 0 Å². The van der Waals surface area contributed by atoms with E-state index >= 15 is 0 Å². The maximum Gasteiger partial charge on any atom is 0.265 e. The van der Waals surface area contributed by atoms with E-state index in [1.807, 2.05) is 19.1 Å². The number of amides is 3. The first kappa shape index (κ1) is 26.4. The van der Waals surface area contributed by atoms with Crippen LogP contribution >= 0.6 is 0 Å². The van der Waals surface area contributed by atoms with Gasteiger partial charge in [0, 0.05) is 50.3 Å². The normalized spacial score (nSPS) is 34.6. The highest BCUT2D eigenvalue weighted by molar-refractivity contribution is 7.85. The van der Waals surface area contributed by atoms with Gasteiger partial charge in [0.2, 0.25) is 11.8 Å². The van der Waals surface area contributed by atoms with E-state index in [2.05, 4.69) is 15.5 Å². The van der Waals surface area contributed by atoms with Crippen LogP contribution in [-0.4, -0.2) is 79.3 Å². The van der Waals surface area contributed by atoms with Gasteiger partial charge in [-0.3, -0.25) is 29.0 Å². The minimum absolute atomic E-state index is 0.0918. The van der Waals surface area contributed by atoms with E-state index in [0.717, 1.165) is 37.4 Å². The lowest BCUT2D eigenvalue weighted by molar-refractivity contribution is -0.138. The van der Waals surface area contributed by atoms with Gasteiger partial charge in [-0.15, -0.1) is 0 Å². The minimum Gasteiger partial charge on any atom is -0.369 e. The van der Waals surface area contributed by atoms with Gasteiger partial charge < -0.3 is 15.1 Å². The number of hydrogen-bond acceptors (Lipinski definition) is 8. The Hall–Kier alpha value is -2.83. The number of nitrogens with one attached hydrogen (secondary N) is 2. The first-order valence-electron chi connectivity index (χ1n) is 13.7. The van der Waals surface area contributed by atoms with Crippen molar-refractivity contribution in [1.82, 2.24) is 15.5 Å². The fourth-order valence-electron chi connectivity index (χ4n) is 8.10. The molecule has 2 bridgehead atoms. The second kappa shape index (κ2) is 9.10. The first-order chi connectivity index (χ1) is 18.4. The number of carbonyl (C=O) groups is 4. The summed E-state index contributed by atoms with van der Waals surface area (Å²) in [7, 11) is -4.45. The van der Waals surface area contributed by atoms with Crippen molar-refractivity contribution < 1.29 is 32.1 Å². The van der Waals surface area contributed by atoms with Crippen LogP contribution in [0.2, 0.25) is 0 Å². The molecule has 210 valence electrons. The fourth-order valence-corrected chi connectivity index (χ4v) is 9.36. The maximum absolute atomic E-state index is 13.9. The van der Waals surface area contributed by atoms with Gasteiger partial charge >= 0.3 is 0 Å². The van der Waals surface area contributed by atoms with Crippen LogP contribution in [0.3, 0.4) is 0 Å². The quantitative estimate of drug-likeness (QED) is 0.343. The smallest absolute Gasteiger partial charge is 0.265 e. The highest BCUT2D eigenvalue weighted by Crippen LogP contribution is 2.68. The van der Waals surface area contributed by atoms with E-state index in [-0.39, 0.29) is 49.2 Å². The molecule has 4 unspecified atom stereocenters. The number of ketones is 1. The fraction of sp³-hybridized carbons (Fsp3) is 0.630. The van der Waals surface area contributed by atoms with Crippen molar-refractivity contribution in [3.05, 3.63) is 29.3 Å². The molecule has 5 aliphatic rings. The molecule has 4 fully saturated rings. The highest BCUT2D eigenvalue weighted by atomic mass is 32.2. The molecule has 2 saturated heterocycles. The number of fused-ring (bicyclic) bond motifs is 3. The van der Waals surface area contributed by atoms with Crippen LogP contribution in [0.1, 0.15) is 67.4 Å². The van der Waals surface area contributed by atoms with Crippen molar-refractivity contribution in [2.75, 3.05) is 36.8 Å². The summed E-state index contributed by atoms with van der Waals surface area (Å²) in [5, 5.41) is 5.69. The molecule has 0 radical (unpaired) electrons. The molecule has 6 rings (SSSR count). The van der Waals surface area contributed by atoms with Gasteiger partial charge in [-0.05, 0) is 60.8 Å². The molecule has 5 atom stereocenters. The zero-order chi connectivity index (χ0) is 27.7. The Bertz CT molecular complexity index is 1370. The number of imide groups is 1. The SMILES string of the molecule is CC1(CC2c3cc(N4CCNCC4)ccc3C(=O)N2[C@H]2CCC(=O)NC2=O)C2CCC1(CS(=O)(=O)O)C(=O)C2. The van der Waals surface area contributed by atoms with Gasteiger partial charge in [0.1, 0.15) is 11.8 Å². The van der Waals surface area contributed by atoms with Crippen molar-refractivity contribution >= 4 is 39.3 Å². The summed E-state index contributed by atoms with van der Waals surface area (Å²) in [4.78, 5) is 55.9. The predicted octanol–water partition coefficient (Wildman–Crippen LogP) is 1.05. The number of hydrogen-bond donors (Lipinski definition) is 3. The molecule has 1 aromatic carbocycles. The monoisotopic (exact) mass is 558 g/mol. The minimum atomic E-state index is -4.45. The van der Waals surface area contributed by atoms with Gasteiger partial charge in [-0.1, -0.05) is 6.92 Å². The zero-order valence-electron chi connectivity index (χ0n) is 21.9. The maximum atomic E-state index is 13.9. The molecule has 2 saturated carbocycles. The van der Waals surface area contributed by atoms with Crippen LogP contribution in [0, 0.1) is 16.7 Å². The zero-order valence-corrected chi connectivity index (χ0v) is 22.8. The number of benzene rings is 1.